The molecule has 0 saturated carbocycles. The standard InChI is InChI=1S/C15H23NO2/c1-13(12-17)6-5-11-16-15(18)10-9-14-7-3-2-4-8-14/h2-4,7-8,13,17H,5-6,9-12H2,1H3,(H,16,18). The minimum absolute atomic E-state index is 0.107. The number of carbonyl (C=O) groups excluding carboxylic acids is 1. The lowest BCUT2D eigenvalue weighted by Crippen LogP contribution is -2.25. The molecule has 0 heterocycles. The molecule has 0 spiro atoms. The fourth-order valence-electron chi connectivity index (χ4n) is 1.76. The first-order valence-electron chi connectivity index (χ1n) is 6.64. The van der Waals surface area contributed by atoms with Crippen LogP contribution in [-0.4, -0.2) is 24.2 Å². The van der Waals surface area contributed by atoms with Crippen molar-refractivity contribution < 1.29 is 9.90 Å². The van der Waals surface area contributed by atoms with Crippen molar-refractivity contribution >= 4 is 5.91 Å². The summed E-state index contributed by atoms with van der Waals surface area (Å²) in [6.07, 6.45) is 3.22. The highest BCUT2D eigenvalue weighted by Crippen LogP contribution is 2.04. The molecule has 3 heteroatoms. The number of aliphatic hydroxyl groups is 1. The van der Waals surface area contributed by atoms with Gasteiger partial charge in [-0.05, 0) is 30.7 Å². The van der Waals surface area contributed by atoms with Crippen molar-refractivity contribution in [2.24, 2.45) is 5.92 Å². The zero-order valence-corrected chi connectivity index (χ0v) is 11.1. The maximum atomic E-state index is 11.6. The molecule has 2 N–H and O–H groups in total. The van der Waals surface area contributed by atoms with E-state index in [4.69, 9.17) is 5.11 Å². The predicted molar refractivity (Wildman–Crippen MR) is 73.3 cm³/mol. The smallest absolute Gasteiger partial charge is 0.220 e. The van der Waals surface area contributed by atoms with E-state index in [0.29, 0.717) is 18.9 Å². The van der Waals surface area contributed by atoms with Gasteiger partial charge in [-0.15, -0.1) is 0 Å². The first kappa shape index (κ1) is 14.7. The summed E-state index contributed by atoms with van der Waals surface area (Å²) in [6.45, 7) is 2.94. The Hall–Kier alpha value is -1.35. The largest absolute Gasteiger partial charge is 0.396 e. The molecule has 0 saturated heterocycles. The quantitative estimate of drug-likeness (QED) is 0.694. The summed E-state index contributed by atoms with van der Waals surface area (Å²) >= 11 is 0. The van der Waals surface area contributed by atoms with Gasteiger partial charge in [0.15, 0.2) is 0 Å². The SMILES string of the molecule is CC(CO)CCCNC(=O)CCc1ccccc1. The number of benzene rings is 1. The summed E-state index contributed by atoms with van der Waals surface area (Å²) in [5.74, 6) is 0.432. The molecule has 3 nitrogen and oxygen atoms in total. The van der Waals surface area contributed by atoms with Crippen LogP contribution in [0.3, 0.4) is 0 Å². The first-order chi connectivity index (χ1) is 8.72. The van der Waals surface area contributed by atoms with E-state index in [1.807, 2.05) is 37.3 Å². The molecule has 18 heavy (non-hydrogen) atoms. The lowest BCUT2D eigenvalue weighted by Gasteiger charge is -2.08. The number of nitrogens with one attached hydrogen (secondary N) is 1. The maximum absolute atomic E-state index is 11.6. The highest BCUT2D eigenvalue weighted by atomic mass is 16.3. The highest BCUT2D eigenvalue weighted by Gasteiger charge is 2.03. The molecule has 1 aromatic rings. The Bertz CT molecular complexity index is 338. The molecule has 1 amide bonds. The van der Waals surface area contributed by atoms with Crippen molar-refractivity contribution in [1.29, 1.82) is 0 Å². The first-order valence-corrected chi connectivity index (χ1v) is 6.64. The number of aliphatic hydroxyl groups excluding tert-OH is 1. The van der Waals surface area contributed by atoms with Gasteiger partial charge in [-0.2, -0.15) is 0 Å². The van der Waals surface area contributed by atoms with Crippen molar-refractivity contribution in [1.82, 2.24) is 5.32 Å². The Labute approximate surface area is 109 Å². The number of amides is 1. The second-order valence-corrected chi connectivity index (χ2v) is 4.77. The van der Waals surface area contributed by atoms with E-state index < -0.39 is 0 Å². The molecule has 1 atom stereocenters. The molecule has 100 valence electrons. The number of aryl methyl sites for hydroxylation is 1. The zero-order chi connectivity index (χ0) is 13.2. The van der Waals surface area contributed by atoms with Gasteiger partial charge in [0.2, 0.25) is 5.91 Å². The van der Waals surface area contributed by atoms with Gasteiger partial charge < -0.3 is 10.4 Å². The molecule has 0 aliphatic rings. The number of hydrogen-bond donors (Lipinski definition) is 2. The van der Waals surface area contributed by atoms with Crippen LogP contribution in [0.4, 0.5) is 0 Å². The van der Waals surface area contributed by atoms with Crippen LogP contribution in [-0.2, 0) is 11.2 Å². The summed E-state index contributed by atoms with van der Waals surface area (Å²) in [7, 11) is 0. The minimum Gasteiger partial charge on any atom is -0.396 e. The molecule has 0 aromatic heterocycles. The van der Waals surface area contributed by atoms with Crippen LogP contribution in [0.1, 0.15) is 31.7 Å². The van der Waals surface area contributed by atoms with Gasteiger partial charge in [-0.1, -0.05) is 37.3 Å². The van der Waals surface area contributed by atoms with E-state index in [0.717, 1.165) is 19.3 Å². The van der Waals surface area contributed by atoms with Crippen LogP contribution in [0.5, 0.6) is 0 Å². The summed E-state index contributed by atoms with van der Waals surface area (Å²) in [5.41, 5.74) is 1.20. The number of hydrogen-bond acceptors (Lipinski definition) is 2. The lowest BCUT2D eigenvalue weighted by atomic mass is 10.1. The third-order valence-corrected chi connectivity index (χ3v) is 2.99. The number of carbonyl (C=O) groups is 1. The number of rotatable bonds is 8. The summed E-state index contributed by atoms with van der Waals surface area (Å²) < 4.78 is 0. The molecule has 1 rings (SSSR count). The third kappa shape index (κ3) is 6.40. The maximum Gasteiger partial charge on any atom is 0.220 e. The Kier molecular flexibility index (Phi) is 7.11. The predicted octanol–water partition coefficient (Wildman–Crippen LogP) is 2.14. The molecule has 0 aliphatic carbocycles. The van der Waals surface area contributed by atoms with Gasteiger partial charge in [0.1, 0.15) is 0 Å². The molecule has 0 radical (unpaired) electrons. The Balaban J connectivity index is 2.07. The van der Waals surface area contributed by atoms with E-state index in [-0.39, 0.29) is 12.5 Å². The van der Waals surface area contributed by atoms with Crippen LogP contribution >= 0.6 is 0 Å². The van der Waals surface area contributed by atoms with Gasteiger partial charge in [-0.25, -0.2) is 0 Å². The van der Waals surface area contributed by atoms with Crippen LogP contribution in [0.2, 0.25) is 0 Å². The van der Waals surface area contributed by atoms with Crippen molar-refractivity contribution in [3.63, 3.8) is 0 Å². The molecular weight excluding hydrogens is 226 g/mol. The van der Waals surface area contributed by atoms with Gasteiger partial charge >= 0.3 is 0 Å². The molecular formula is C15H23NO2. The summed E-state index contributed by atoms with van der Waals surface area (Å²) in [5, 5.41) is 11.8. The Morgan fingerprint density at radius 2 is 2.06 bits per heavy atom. The van der Waals surface area contributed by atoms with E-state index in [9.17, 15) is 4.79 Å². The van der Waals surface area contributed by atoms with E-state index in [2.05, 4.69) is 5.32 Å². The third-order valence-electron chi connectivity index (χ3n) is 2.99. The van der Waals surface area contributed by atoms with E-state index in [1.54, 1.807) is 0 Å². The van der Waals surface area contributed by atoms with Crippen LogP contribution < -0.4 is 5.32 Å². The normalized spacial score (nSPS) is 12.1. The fourth-order valence-corrected chi connectivity index (χ4v) is 1.76. The second kappa shape index (κ2) is 8.70. The van der Waals surface area contributed by atoms with Crippen LogP contribution in [0.15, 0.2) is 30.3 Å². The lowest BCUT2D eigenvalue weighted by molar-refractivity contribution is -0.121. The van der Waals surface area contributed by atoms with Crippen LogP contribution in [0.25, 0.3) is 0 Å². The van der Waals surface area contributed by atoms with Crippen molar-refractivity contribution in [3.05, 3.63) is 35.9 Å². The average molecular weight is 249 g/mol. The highest BCUT2D eigenvalue weighted by molar-refractivity contribution is 5.76. The molecule has 1 aromatic carbocycles. The molecule has 0 bridgehead atoms. The summed E-state index contributed by atoms with van der Waals surface area (Å²) in [6, 6.07) is 10.0. The molecule has 1 unspecified atom stereocenters. The molecule has 0 fully saturated rings. The van der Waals surface area contributed by atoms with Crippen LogP contribution in [0, 0.1) is 5.92 Å². The van der Waals surface area contributed by atoms with Gasteiger partial charge in [0.05, 0.1) is 0 Å². The summed E-state index contributed by atoms with van der Waals surface area (Å²) in [4.78, 5) is 11.6. The minimum atomic E-state index is 0.107. The van der Waals surface area contributed by atoms with Crippen molar-refractivity contribution in [2.45, 2.75) is 32.6 Å². The average Bonchev–Trinajstić information content (AvgIpc) is 2.42. The topological polar surface area (TPSA) is 49.3 Å². The fraction of sp³-hybridized carbons (Fsp3) is 0.533. The van der Waals surface area contributed by atoms with E-state index >= 15 is 0 Å². The second-order valence-electron chi connectivity index (χ2n) is 4.77. The van der Waals surface area contributed by atoms with Crippen molar-refractivity contribution in [2.75, 3.05) is 13.2 Å². The molecule has 0 aliphatic heterocycles. The van der Waals surface area contributed by atoms with Gasteiger partial charge in [0, 0.05) is 19.6 Å². The van der Waals surface area contributed by atoms with Gasteiger partial charge in [-0.3, -0.25) is 4.79 Å². The van der Waals surface area contributed by atoms with Crippen molar-refractivity contribution in [3.8, 4) is 0 Å². The Morgan fingerprint density at radius 1 is 1.33 bits per heavy atom. The Morgan fingerprint density at radius 3 is 2.72 bits per heavy atom. The zero-order valence-electron chi connectivity index (χ0n) is 11.1. The van der Waals surface area contributed by atoms with E-state index in [1.165, 1.54) is 5.56 Å². The van der Waals surface area contributed by atoms with Gasteiger partial charge in [0.25, 0.3) is 0 Å². The monoisotopic (exact) mass is 249 g/mol.